The van der Waals surface area contributed by atoms with E-state index in [9.17, 15) is 0 Å². The van der Waals surface area contributed by atoms with E-state index in [-0.39, 0.29) is 0 Å². The van der Waals surface area contributed by atoms with Crippen LogP contribution < -0.4 is 5.73 Å². The van der Waals surface area contributed by atoms with Gasteiger partial charge in [0.15, 0.2) is 0 Å². The number of anilines is 1. The lowest BCUT2D eigenvalue weighted by molar-refractivity contribution is 1.27. The Morgan fingerprint density at radius 2 is 1.73 bits per heavy atom. The number of halogens is 1. The van der Waals surface area contributed by atoms with Crippen molar-refractivity contribution in [2.24, 2.45) is 0 Å². The monoisotopic (exact) mass is 213 g/mol. The van der Waals surface area contributed by atoms with Crippen LogP contribution in [0.3, 0.4) is 0 Å². The van der Waals surface area contributed by atoms with Gasteiger partial charge in [0.2, 0.25) is 0 Å². The molecular formula is C9H12BrN. The minimum absolute atomic E-state index is 0.861. The summed E-state index contributed by atoms with van der Waals surface area (Å²) < 4.78 is 1.13. The SMILES string of the molecule is Cc1cc(N)c(C)c(Br)c1C. The van der Waals surface area contributed by atoms with Crippen LogP contribution in [-0.2, 0) is 0 Å². The van der Waals surface area contributed by atoms with Crippen molar-refractivity contribution in [3.8, 4) is 0 Å². The quantitative estimate of drug-likeness (QED) is 0.660. The fraction of sp³-hybridized carbons (Fsp3) is 0.333. The van der Waals surface area contributed by atoms with E-state index in [1.807, 2.05) is 13.0 Å². The van der Waals surface area contributed by atoms with Gasteiger partial charge in [-0.25, -0.2) is 0 Å². The molecule has 11 heavy (non-hydrogen) atoms. The average molecular weight is 214 g/mol. The van der Waals surface area contributed by atoms with Crippen LogP contribution >= 0.6 is 15.9 Å². The van der Waals surface area contributed by atoms with E-state index in [1.165, 1.54) is 11.1 Å². The Labute approximate surface area is 75.7 Å². The number of benzene rings is 1. The maximum absolute atomic E-state index is 5.76. The molecule has 0 amide bonds. The molecule has 2 heteroatoms. The summed E-state index contributed by atoms with van der Waals surface area (Å²) in [6.07, 6.45) is 0. The van der Waals surface area contributed by atoms with Gasteiger partial charge in [-0.05, 0) is 43.5 Å². The Balaban J connectivity index is 3.46. The van der Waals surface area contributed by atoms with E-state index < -0.39 is 0 Å². The molecule has 0 atom stereocenters. The van der Waals surface area contributed by atoms with Crippen molar-refractivity contribution in [3.63, 3.8) is 0 Å². The lowest BCUT2D eigenvalue weighted by Crippen LogP contribution is -1.94. The molecule has 0 aliphatic rings. The van der Waals surface area contributed by atoms with Crippen molar-refractivity contribution in [2.75, 3.05) is 5.73 Å². The molecule has 0 unspecified atom stereocenters. The maximum Gasteiger partial charge on any atom is 0.0357 e. The summed E-state index contributed by atoms with van der Waals surface area (Å²) in [7, 11) is 0. The fourth-order valence-corrected chi connectivity index (χ4v) is 1.57. The molecule has 0 spiro atoms. The summed E-state index contributed by atoms with van der Waals surface area (Å²) >= 11 is 3.50. The third kappa shape index (κ3) is 1.41. The molecule has 0 saturated heterocycles. The van der Waals surface area contributed by atoms with Gasteiger partial charge in [-0.1, -0.05) is 15.9 Å². The number of hydrogen-bond donors (Lipinski definition) is 1. The smallest absolute Gasteiger partial charge is 0.0357 e. The second kappa shape index (κ2) is 2.86. The molecule has 0 fully saturated rings. The van der Waals surface area contributed by atoms with Crippen LogP contribution in [0.4, 0.5) is 5.69 Å². The molecule has 1 aromatic carbocycles. The van der Waals surface area contributed by atoms with Crippen LogP contribution in [0.25, 0.3) is 0 Å². The number of rotatable bonds is 0. The Hall–Kier alpha value is -0.500. The molecule has 0 heterocycles. The van der Waals surface area contributed by atoms with Crippen molar-refractivity contribution < 1.29 is 0 Å². The fourth-order valence-electron chi connectivity index (χ4n) is 1.03. The van der Waals surface area contributed by atoms with E-state index in [4.69, 9.17) is 5.73 Å². The molecule has 0 aromatic heterocycles. The van der Waals surface area contributed by atoms with Gasteiger partial charge < -0.3 is 5.73 Å². The highest BCUT2D eigenvalue weighted by molar-refractivity contribution is 9.10. The largest absolute Gasteiger partial charge is 0.398 e. The Morgan fingerprint density at radius 3 is 2.27 bits per heavy atom. The van der Waals surface area contributed by atoms with Crippen molar-refractivity contribution >= 4 is 21.6 Å². The molecule has 1 rings (SSSR count). The van der Waals surface area contributed by atoms with Crippen molar-refractivity contribution in [3.05, 3.63) is 27.2 Å². The Bertz CT molecular complexity index is 266. The molecule has 0 bridgehead atoms. The highest BCUT2D eigenvalue weighted by Crippen LogP contribution is 2.28. The number of nitrogen functional groups attached to an aromatic ring is 1. The Morgan fingerprint density at radius 1 is 1.18 bits per heavy atom. The van der Waals surface area contributed by atoms with Crippen molar-refractivity contribution in [1.82, 2.24) is 0 Å². The minimum Gasteiger partial charge on any atom is -0.398 e. The zero-order chi connectivity index (χ0) is 8.59. The van der Waals surface area contributed by atoms with Gasteiger partial charge in [-0.3, -0.25) is 0 Å². The first-order valence-corrected chi connectivity index (χ1v) is 4.35. The van der Waals surface area contributed by atoms with Gasteiger partial charge in [0.1, 0.15) is 0 Å². The predicted octanol–water partition coefficient (Wildman–Crippen LogP) is 2.96. The van der Waals surface area contributed by atoms with E-state index in [2.05, 4.69) is 29.8 Å². The number of aryl methyl sites for hydroxylation is 1. The second-order valence-corrected chi connectivity index (χ2v) is 3.64. The van der Waals surface area contributed by atoms with Gasteiger partial charge in [0.25, 0.3) is 0 Å². The molecule has 0 saturated carbocycles. The molecule has 0 aliphatic carbocycles. The van der Waals surface area contributed by atoms with E-state index >= 15 is 0 Å². The molecule has 0 radical (unpaired) electrons. The van der Waals surface area contributed by atoms with Crippen LogP contribution in [0, 0.1) is 20.8 Å². The molecule has 1 aromatic rings. The molecule has 0 aliphatic heterocycles. The maximum atomic E-state index is 5.76. The third-order valence-electron chi connectivity index (χ3n) is 2.06. The summed E-state index contributed by atoms with van der Waals surface area (Å²) in [5.74, 6) is 0. The first-order valence-electron chi connectivity index (χ1n) is 3.56. The standard InChI is InChI=1S/C9H12BrN/c1-5-4-8(11)7(3)9(10)6(5)2/h4H,11H2,1-3H3. The number of nitrogens with two attached hydrogens (primary N) is 1. The van der Waals surface area contributed by atoms with E-state index in [1.54, 1.807) is 0 Å². The van der Waals surface area contributed by atoms with Gasteiger partial charge in [-0.15, -0.1) is 0 Å². The third-order valence-corrected chi connectivity index (χ3v) is 3.24. The average Bonchev–Trinajstić information content (AvgIpc) is 1.97. The highest BCUT2D eigenvalue weighted by atomic mass is 79.9. The minimum atomic E-state index is 0.861. The van der Waals surface area contributed by atoms with Crippen molar-refractivity contribution in [1.29, 1.82) is 0 Å². The lowest BCUT2D eigenvalue weighted by Gasteiger charge is -2.08. The molecule has 1 nitrogen and oxygen atoms in total. The Kier molecular flexibility index (Phi) is 2.23. The van der Waals surface area contributed by atoms with Gasteiger partial charge in [0.05, 0.1) is 0 Å². The summed E-state index contributed by atoms with van der Waals surface area (Å²) in [5, 5.41) is 0. The normalized spacial score (nSPS) is 10.2. The van der Waals surface area contributed by atoms with Crippen LogP contribution in [0.5, 0.6) is 0 Å². The second-order valence-electron chi connectivity index (χ2n) is 2.85. The summed E-state index contributed by atoms with van der Waals surface area (Å²) in [6.45, 7) is 6.17. The number of hydrogen-bond acceptors (Lipinski definition) is 1. The zero-order valence-corrected chi connectivity index (χ0v) is 8.62. The van der Waals surface area contributed by atoms with Crippen molar-refractivity contribution in [2.45, 2.75) is 20.8 Å². The lowest BCUT2D eigenvalue weighted by atomic mass is 10.1. The highest BCUT2D eigenvalue weighted by Gasteiger charge is 2.04. The molecule has 2 N–H and O–H groups in total. The molecular weight excluding hydrogens is 202 g/mol. The first kappa shape index (κ1) is 8.60. The first-order chi connectivity index (χ1) is 5.04. The van der Waals surface area contributed by atoms with E-state index in [0.29, 0.717) is 0 Å². The van der Waals surface area contributed by atoms with Gasteiger partial charge in [-0.2, -0.15) is 0 Å². The summed E-state index contributed by atoms with van der Waals surface area (Å²) in [6, 6.07) is 2.01. The van der Waals surface area contributed by atoms with Crippen LogP contribution in [0.1, 0.15) is 16.7 Å². The van der Waals surface area contributed by atoms with Gasteiger partial charge in [0, 0.05) is 10.2 Å². The topological polar surface area (TPSA) is 26.0 Å². The van der Waals surface area contributed by atoms with E-state index in [0.717, 1.165) is 15.7 Å². The summed E-state index contributed by atoms with van der Waals surface area (Å²) in [4.78, 5) is 0. The van der Waals surface area contributed by atoms with Crippen LogP contribution in [-0.4, -0.2) is 0 Å². The zero-order valence-electron chi connectivity index (χ0n) is 7.03. The summed E-state index contributed by atoms with van der Waals surface area (Å²) in [5.41, 5.74) is 10.3. The van der Waals surface area contributed by atoms with Crippen LogP contribution in [0.15, 0.2) is 10.5 Å². The van der Waals surface area contributed by atoms with Gasteiger partial charge >= 0.3 is 0 Å². The predicted molar refractivity (Wildman–Crippen MR) is 52.8 cm³/mol. The molecule has 60 valence electrons. The van der Waals surface area contributed by atoms with Crippen LogP contribution in [0.2, 0.25) is 0 Å².